The Morgan fingerprint density at radius 3 is 2.60 bits per heavy atom. The normalized spacial score (nSPS) is 10.0. The molecule has 0 fully saturated rings. The monoisotopic (exact) mass is 217 g/mol. The van der Waals surface area contributed by atoms with E-state index >= 15 is 0 Å². The lowest BCUT2D eigenvalue weighted by Crippen LogP contribution is -2.29. The zero-order chi connectivity index (χ0) is 11.5. The third kappa shape index (κ3) is 11.0. The van der Waals surface area contributed by atoms with Crippen LogP contribution in [-0.2, 0) is 19.1 Å². The number of carbonyl (C=O) groups is 2. The first-order valence-corrected chi connectivity index (χ1v) is 4.99. The second-order valence-electron chi connectivity index (χ2n) is 3.20. The van der Waals surface area contributed by atoms with Crippen LogP contribution in [0.4, 0.5) is 0 Å². The first-order chi connectivity index (χ1) is 7.16. The summed E-state index contributed by atoms with van der Waals surface area (Å²) >= 11 is 0. The van der Waals surface area contributed by atoms with Gasteiger partial charge in [0.2, 0.25) is 5.91 Å². The van der Waals surface area contributed by atoms with Crippen LogP contribution in [0.3, 0.4) is 0 Å². The van der Waals surface area contributed by atoms with E-state index in [2.05, 4.69) is 5.32 Å². The van der Waals surface area contributed by atoms with Gasteiger partial charge in [-0.3, -0.25) is 4.79 Å². The van der Waals surface area contributed by atoms with Crippen molar-refractivity contribution in [3.63, 3.8) is 0 Å². The molecule has 5 nitrogen and oxygen atoms in total. The molecule has 1 amide bonds. The van der Waals surface area contributed by atoms with Crippen LogP contribution < -0.4 is 5.32 Å². The minimum absolute atomic E-state index is 0.0451. The van der Waals surface area contributed by atoms with Crippen molar-refractivity contribution in [2.45, 2.75) is 19.8 Å². The van der Waals surface area contributed by atoms with Crippen LogP contribution in [0.2, 0.25) is 0 Å². The summed E-state index contributed by atoms with van der Waals surface area (Å²) < 4.78 is 9.76. The summed E-state index contributed by atoms with van der Waals surface area (Å²) in [4.78, 5) is 21.7. The van der Waals surface area contributed by atoms with Gasteiger partial charge >= 0.3 is 0 Å². The average molecular weight is 217 g/mol. The molecule has 0 aromatic rings. The molecule has 0 heterocycles. The fourth-order valence-corrected chi connectivity index (χ4v) is 0.923. The lowest BCUT2D eigenvalue weighted by Gasteiger charge is -2.05. The Labute approximate surface area is 90.1 Å². The van der Waals surface area contributed by atoms with Gasteiger partial charge in [0.15, 0.2) is 0 Å². The highest BCUT2D eigenvalue weighted by atomic mass is 16.5. The number of ether oxygens (including phenoxy) is 2. The Hall–Kier alpha value is -0.940. The topological polar surface area (TPSA) is 64.6 Å². The lowest BCUT2D eigenvalue weighted by molar-refractivity contribution is -0.126. The maximum atomic E-state index is 11.1. The molecular formula is C10H19NO4. The number of methoxy groups -OCH3 is 1. The van der Waals surface area contributed by atoms with Crippen LogP contribution in [0.5, 0.6) is 0 Å². The second-order valence-corrected chi connectivity index (χ2v) is 3.20. The molecule has 0 spiro atoms. The van der Waals surface area contributed by atoms with Gasteiger partial charge in [-0.1, -0.05) is 0 Å². The van der Waals surface area contributed by atoms with E-state index in [9.17, 15) is 9.59 Å². The van der Waals surface area contributed by atoms with Gasteiger partial charge in [-0.15, -0.1) is 0 Å². The number of hydrogen-bond donors (Lipinski definition) is 1. The highest BCUT2D eigenvalue weighted by Crippen LogP contribution is 1.87. The van der Waals surface area contributed by atoms with Crippen LogP contribution in [-0.4, -0.2) is 45.2 Å². The van der Waals surface area contributed by atoms with Crippen LogP contribution in [0, 0.1) is 0 Å². The lowest BCUT2D eigenvalue weighted by atomic mass is 10.2. The number of nitrogens with one attached hydrogen (secondary N) is 1. The molecule has 0 saturated heterocycles. The quantitative estimate of drug-likeness (QED) is 0.558. The van der Waals surface area contributed by atoms with Gasteiger partial charge in [-0.2, -0.15) is 0 Å². The number of hydrogen-bond acceptors (Lipinski definition) is 4. The summed E-state index contributed by atoms with van der Waals surface area (Å²) in [6.45, 7) is 3.00. The fraction of sp³-hybridized carbons (Fsp3) is 0.800. The summed E-state index contributed by atoms with van der Waals surface area (Å²) in [6.07, 6.45) is 1.18. The van der Waals surface area contributed by atoms with Crippen molar-refractivity contribution in [1.29, 1.82) is 0 Å². The number of amides is 1. The Kier molecular flexibility index (Phi) is 9.01. The second kappa shape index (κ2) is 9.61. The molecule has 5 heteroatoms. The van der Waals surface area contributed by atoms with E-state index in [1.165, 1.54) is 6.92 Å². The van der Waals surface area contributed by atoms with Crippen molar-refractivity contribution in [3.05, 3.63) is 0 Å². The average Bonchev–Trinajstić information content (AvgIpc) is 2.19. The maximum Gasteiger partial charge on any atom is 0.245 e. The SMILES string of the molecule is COCCOCC(=O)NCCCC(C)=O. The van der Waals surface area contributed by atoms with Gasteiger partial charge in [0, 0.05) is 20.1 Å². The van der Waals surface area contributed by atoms with Crippen molar-refractivity contribution in [3.8, 4) is 0 Å². The van der Waals surface area contributed by atoms with Crippen molar-refractivity contribution >= 4 is 11.7 Å². The molecule has 88 valence electrons. The number of ketones is 1. The zero-order valence-electron chi connectivity index (χ0n) is 9.38. The first-order valence-electron chi connectivity index (χ1n) is 4.99. The number of Topliss-reactive ketones (excluding diaryl/α,β-unsaturated/α-hetero) is 1. The first kappa shape index (κ1) is 14.1. The highest BCUT2D eigenvalue weighted by Gasteiger charge is 2.00. The van der Waals surface area contributed by atoms with E-state index in [4.69, 9.17) is 9.47 Å². The maximum absolute atomic E-state index is 11.1. The third-order valence-electron chi connectivity index (χ3n) is 1.69. The summed E-state index contributed by atoms with van der Waals surface area (Å²) in [6, 6.07) is 0. The summed E-state index contributed by atoms with van der Waals surface area (Å²) in [5.41, 5.74) is 0. The van der Waals surface area contributed by atoms with Crippen molar-refractivity contribution in [2.75, 3.05) is 33.5 Å². The Balaban J connectivity index is 3.22. The summed E-state index contributed by atoms with van der Waals surface area (Å²) in [5, 5.41) is 2.66. The Morgan fingerprint density at radius 1 is 1.27 bits per heavy atom. The van der Waals surface area contributed by atoms with Gasteiger partial charge in [-0.25, -0.2) is 0 Å². The van der Waals surface area contributed by atoms with Gasteiger partial charge in [0.05, 0.1) is 13.2 Å². The third-order valence-corrected chi connectivity index (χ3v) is 1.69. The van der Waals surface area contributed by atoms with E-state index < -0.39 is 0 Å². The molecule has 0 aromatic carbocycles. The van der Waals surface area contributed by atoms with Gasteiger partial charge in [0.25, 0.3) is 0 Å². The highest BCUT2D eigenvalue weighted by molar-refractivity contribution is 5.77. The minimum atomic E-state index is -0.158. The molecule has 0 rings (SSSR count). The molecule has 0 unspecified atom stereocenters. The van der Waals surface area contributed by atoms with Gasteiger partial charge < -0.3 is 19.6 Å². The fourth-order valence-electron chi connectivity index (χ4n) is 0.923. The largest absolute Gasteiger partial charge is 0.382 e. The van der Waals surface area contributed by atoms with E-state index in [1.807, 2.05) is 0 Å². The summed E-state index contributed by atoms with van der Waals surface area (Å²) in [5.74, 6) is -0.0183. The Morgan fingerprint density at radius 2 is 2.00 bits per heavy atom. The predicted octanol–water partition coefficient (Wildman–Crippen LogP) is 0.135. The van der Waals surface area contributed by atoms with E-state index in [0.717, 1.165) is 0 Å². The summed E-state index contributed by atoms with van der Waals surface area (Å²) in [7, 11) is 1.57. The molecule has 0 bridgehead atoms. The van der Waals surface area contributed by atoms with Crippen LogP contribution in [0.25, 0.3) is 0 Å². The predicted molar refractivity (Wildman–Crippen MR) is 55.6 cm³/mol. The van der Waals surface area contributed by atoms with E-state index in [-0.39, 0.29) is 18.3 Å². The zero-order valence-corrected chi connectivity index (χ0v) is 9.38. The van der Waals surface area contributed by atoms with Gasteiger partial charge in [0.1, 0.15) is 12.4 Å². The van der Waals surface area contributed by atoms with E-state index in [0.29, 0.717) is 32.6 Å². The van der Waals surface area contributed by atoms with Crippen LogP contribution >= 0.6 is 0 Å². The molecular weight excluding hydrogens is 198 g/mol. The van der Waals surface area contributed by atoms with Crippen LogP contribution in [0.1, 0.15) is 19.8 Å². The van der Waals surface area contributed by atoms with E-state index in [1.54, 1.807) is 7.11 Å². The molecule has 0 aliphatic carbocycles. The van der Waals surface area contributed by atoms with Gasteiger partial charge in [-0.05, 0) is 13.3 Å². The van der Waals surface area contributed by atoms with Crippen molar-refractivity contribution in [1.82, 2.24) is 5.32 Å². The molecule has 0 radical (unpaired) electrons. The smallest absolute Gasteiger partial charge is 0.245 e. The van der Waals surface area contributed by atoms with Crippen molar-refractivity contribution in [2.24, 2.45) is 0 Å². The Bertz CT molecular complexity index is 194. The van der Waals surface area contributed by atoms with Crippen molar-refractivity contribution < 1.29 is 19.1 Å². The molecule has 0 atom stereocenters. The number of rotatable bonds is 9. The molecule has 15 heavy (non-hydrogen) atoms. The molecule has 0 saturated carbocycles. The standard InChI is InChI=1S/C10H19NO4/c1-9(12)4-3-5-11-10(13)8-15-7-6-14-2/h3-8H2,1-2H3,(H,11,13). The molecule has 0 aliphatic rings. The molecule has 0 aliphatic heterocycles. The molecule has 0 aromatic heterocycles. The molecule has 1 N–H and O–H groups in total. The minimum Gasteiger partial charge on any atom is -0.382 e. The van der Waals surface area contributed by atoms with Crippen LogP contribution in [0.15, 0.2) is 0 Å². The number of carbonyl (C=O) groups excluding carboxylic acids is 2.